The normalized spacial score (nSPS) is 10.8. The first-order valence-corrected chi connectivity index (χ1v) is 8.86. The maximum Gasteiger partial charge on any atom is 0.123 e. The van der Waals surface area contributed by atoms with Gasteiger partial charge in [0.25, 0.3) is 0 Å². The van der Waals surface area contributed by atoms with Crippen LogP contribution in [0.4, 0.5) is 0 Å². The first kappa shape index (κ1) is 14.8. The van der Waals surface area contributed by atoms with Crippen LogP contribution >= 0.6 is 7.92 Å². The van der Waals surface area contributed by atoms with Crippen LogP contribution in [0.3, 0.4) is 0 Å². The number of phenolic OH excluding ortho intramolecular Hbond substituents is 1. The second-order valence-electron chi connectivity index (χ2n) is 5.18. The van der Waals surface area contributed by atoms with Crippen molar-refractivity contribution in [3.8, 4) is 5.75 Å². The van der Waals surface area contributed by atoms with Crippen molar-refractivity contribution >= 4 is 23.8 Å². The van der Waals surface area contributed by atoms with Gasteiger partial charge in [0.15, 0.2) is 0 Å². The highest BCUT2D eigenvalue weighted by Gasteiger charge is 2.19. The van der Waals surface area contributed by atoms with E-state index in [-0.39, 0.29) is 0 Å². The van der Waals surface area contributed by atoms with E-state index in [1.54, 1.807) is 0 Å². The smallest absolute Gasteiger partial charge is 0.123 e. The molecular weight excluding hydrogens is 287 g/mol. The minimum Gasteiger partial charge on any atom is -0.507 e. The van der Waals surface area contributed by atoms with Crippen molar-refractivity contribution in [2.75, 3.05) is 0 Å². The van der Waals surface area contributed by atoms with Crippen LogP contribution < -0.4 is 15.9 Å². The highest BCUT2D eigenvalue weighted by Crippen LogP contribution is 2.36. The van der Waals surface area contributed by atoms with Crippen molar-refractivity contribution in [1.29, 1.82) is 0 Å². The Morgan fingerprint density at radius 3 is 1.82 bits per heavy atom. The largest absolute Gasteiger partial charge is 0.507 e. The van der Waals surface area contributed by atoms with Crippen molar-refractivity contribution in [3.05, 3.63) is 84.4 Å². The van der Waals surface area contributed by atoms with Crippen molar-refractivity contribution in [3.63, 3.8) is 0 Å². The van der Waals surface area contributed by atoms with Crippen LogP contribution in [-0.2, 0) is 6.42 Å². The molecule has 0 radical (unpaired) electrons. The van der Waals surface area contributed by atoms with Crippen LogP contribution in [0.2, 0.25) is 0 Å². The van der Waals surface area contributed by atoms with Gasteiger partial charge in [-0.3, -0.25) is 0 Å². The lowest BCUT2D eigenvalue weighted by molar-refractivity contribution is 0.479. The van der Waals surface area contributed by atoms with Gasteiger partial charge in [-0.15, -0.1) is 0 Å². The third-order valence-electron chi connectivity index (χ3n) is 3.72. The molecule has 0 saturated heterocycles. The van der Waals surface area contributed by atoms with E-state index in [4.69, 9.17) is 0 Å². The molecule has 0 aromatic heterocycles. The summed E-state index contributed by atoms with van der Waals surface area (Å²) < 4.78 is 0. The molecular formula is C20H19OP. The lowest BCUT2D eigenvalue weighted by Crippen LogP contribution is -2.21. The summed E-state index contributed by atoms with van der Waals surface area (Å²) in [5.41, 5.74) is 1.26. The molecule has 3 rings (SSSR count). The summed E-state index contributed by atoms with van der Waals surface area (Å²) in [6.07, 6.45) is 0.972. The molecule has 0 bridgehead atoms. The molecule has 0 aliphatic heterocycles. The summed E-state index contributed by atoms with van der Waals surface area (Å²) in [6, 6.07) is 26.9. The number of hydrogen-bond donors (Lipinski definition) is 1. The molecule has 0 spiro atoms. The van der Waals surface area contributed by atoms with E-state index >= 15 is 0 Å². The van der Waals surface area contributed by atoms with E-state index in [0.29, 0.717) is 5.75 Å². The first-order valence-electron chi connectivity index (χ1n) is 7.51. The van der Waals surface area contributed by atoms with E-state index in [9.17, 15) is 5.11 Å². The molecule has 0 unspecified atom stereocenters. The molecule has 2 heteroatoms. The van der Waals surface area contributed by atoms with E-state index in [1.165, 1.54) is 16.2 Å². The fraction of sp³-hybridized carbons (Fsp3) is 0.100. The second kappa shape index (κ2) is 6.77. The summed E-state index contributed by atoms with van der Waals surface area (Å²) in [5.74, 6) is 0.385. The van der Waals surface area contributed by atoms with Crippen LogP contribution in [0.25, 0.3) is 0 Å². The van der Waals surface area contributed by atoms with Gasteiger partial charge < -0.3 is 5.11 Å². The summed E-state index contributed by atoms with van der Waals surface area (Å²) >= 11 is 0. The zero-order valence-corrected chi connectivity index (χ0v) is 13.5. The zero-order valence-electron chi connectivity index (χ0n) is 12.6. The third-order valence-corrected chi connectivity index (χ3v) is 6.19. The Morgan fingerprint density at radius 1 is 0.773 bits per heavy atom. The van der Waals surface area contributed by atoms with Gasteiger partial charge in [-0.05, 0) is 42.6 Å². The van der Waals surface area contributed by atoms with Gasteiger partial charge in [0.05, 0.1) is 0 Å². The number of aromatic hydroxyl groups is 1. The topological polar surface area (TPSA) is 20.2 Å². The molecule has 22 heavy (non-hydrogen) atoms. The van der Waals surface area contributed by atoms with Crippen molar-refractivity contribution in [1.82, 2.24) is 0 Å². The zero-order chi connectivity index (χ0) is 15.4. The van der Waals surface area contributed by atoms with Crippen LogP contribution in [0.1, 0.15) is 12.5 Å². The molecule has 0 heterocycles. The van der Waals surface area contributed by atoms with Gasteiger partial charge in [-0.2, -0.15) is 0 Å². The van der Waals surface area contributed by atoms with Gasteiger partial charge >= 0.3 is 0 Å². The standard InChI is InChI=1S/C20H19OP/c1-2-16-13-14-19(21)20(15-16)22(17-9-5-3-6-10-17)18-11-7-4-8-12-18/h3-15,21H,2H2,1H3. The van der Waals surface area contributed by atoms with E-state index in [2.05, 4.69) is 61.5 Å². The van der Waals surface area contributed by atoms with Crippen molar-refractivity contribution in [2.45, 2.75) is 13.3 Å². The SMILES string of the molecule is CCc1ccc(O)c(P(c2ccccc2)c2ccccc2)c1. The average Bonchev–Trinajstić information content (AvgIpc) is 2.59. The summed E-state index contributed by atoms with van der Waals surface area (Å²) in [6.45, 7) is 2.14. The Hall–Kier alpha value is -2.11. The maximum absolute atomic E-state index is 10.4. The molecule has 110 valence electrons. The summed E-state index contributed by atoms with van der Waals surface area (Å²) in [7, 11) is -0.739. The lowest BCUT2D eigenvalue weighted by atomic mass is 10.2. The van der Waals surface area contributed by atoms with Gasteiger partial charge in [0.2, 0.25) is 0 Å². The average molecular weight is 306 g/mol. The minimum absolute atomic E-state index is 0.385. The Labute approximate surface area is 133 Å². The first-order chi connectivity index (χ1) is 10.8. The molecule has 1 nitrogen and oxygen atoms in total. The predicted molar refractivity (Wildman–Crippen MR) is 96.2 cm³/mol. The van der Waals surface area contributed by atoms with Crippen molar-refractivity contribution in [2.24, 2.45) is 0 Å². The van der Waals surface area contributed by atoms with Gasteiger partial charge in [-0.1, -0.05) is 73.7 Å². The van der Waals surface area contributed by atoms with Crippen LogP contribution in [0.15, 0.2) is 78.9 Å². The molecule has 0 saturated carbocycles. The minimum atomic E-state index is -0.739. The fourth-order valence-electron chi connectivity index (χ4n) is 2.55. The van der Waals surface area contributed by atoms with Gasteiger partial charge in [0.1, 0.15) is 5.75 Å². The van der Waals surface area contributed by atoms with E-state index in [1.807, 2.05) is 24.3 Å². The highest BCUT2D eigenvalue weighted by molar-refractivity contribution is 7.80. The number of hydrogen-bond acceptors (Lipinski definition) is 1. The Morgan fingerprint density at radius 2 is 1.32 bits per heavy atom. The number of phenols is 1. The second-order valence-corrected chi connectivity index (χ2v) is 7.37. The Kier molecular flexibility index (Phi) is 4.56. The third kappa shape index (κ3) is 3.05. The molecule has 0 aliphatic carbocycles. The van der Waals surface area contributed by atoms with Crippen molar-refractivity contribution < 1.29 is 5.11 Å². The maximum atomic E-state index is 10.4. The van der Waals surface area contributed by atoms with E-state index in [0.717, 1.165) is 11.7 Å². The number of benzene rings is 3. The molecule has 0 aliphatic rings. The van der Waals surface area contributed by atoms with Crippen LogP contribution in [0.5, 0.6) is 5.75 Å². The fourth-order valence-corrected chi connectivity index (χ4v) is 4.94. The number of rotatable bonds is 4. The Bertz CT molecular complexity index is 699. The molecule has 3 aromatic carbocycles. The Balaban J connectivity index is 2.18. The van der Waals surface area contributed by atoms with Gasteiger partial charge in [0, 0.05) is 5.30 Å². The van der Waals surface area contributed by atoms with E-state index < -0.39 is 7.92 Å². The molecule has 1 N–H and O–H groups in total. The van der Waals surface area contributed by atoms with Gasteiger partial charge in [-0.25, -0.2) is 0 Å². The molecule has 0 amide bonds. The highest BCUT2D eigenvalue weighted by atomic mass is 31.1. The summed E-state index contributed by atoms with van der Waals surface area (Å²) in [5, 5.41) is 14.0. The summed E-state index contributed by atoms with van der Waals surface area (Å²) in [4.78, 5) is 0. The van der Waals surface area contributed by atoms with Crippen LogP contribution in [0, 0.1) is 0 Å². The lowest BCUT2D eigenvalue weighted by Gasteiger charge is -2.21. The monoisotopic (exact) mass is 306 g/mol. The molecule has 0 fully saturated rings. The number of aryl methyl sites for hydroxylation is 1. The quantitative estimate of drug-likeness (QED) is 0.729. The molecule has 3 aromatic rings. The predicted octanol–water partition coefficient (Wildman–Crippen LogP) is 3.71. The van der Waals surface area contributed by atoms with Crippen LogP contribution in [-0.4, -0.2) is 5.11 Å². The molecule has 0 atom stereocenters.